The number of primary amides is 1. The average Bonchev–Trinajstić information content (AvgIpc) is 2.78. The minimum absolute atomic E-state index is 0.0461. The lowest BCUT2D eigenvalue weighted by molar-refractivity contribution is -0.137. The summed E-state index contributed by atoms with van der Waals surface area (Å²) in [7, 11) is 0. The van der Waals surface area contributed by atoms with E-state index in [1.165, 1.54) is 0 Å². The fraction of sp³-hybridized carbons (Fsp3) is 0.833. The van der Waals surface area contributed by atoms with E-state index in [9.17, 15) is 9.59 Å². The number of rotatable bonds is 8. The number of nitrogens with two attached hydrogens (primary N) is 1. The van der Waals surface area contributed by atoms with E-state index in [4.69, 9.17) is 15.6 Å². The molecule has 0 aliphatic carbocycles. The second-order valence-corrected chi connectivity index (χ2v) is 4.96. The molecule has 0 aromatic heterocycles. The molecule has 1 amide bonds. The van der Waals surface area contributed by atoms with Gasteiger partial charge in [-0.25, -0.2) is 0 Å². The standard InChI is InChI=1S/C12H22N2O4/c1-12(11(13)17,6-2-5-10(15)16)14-8-9-4-3-7-18-9/h9,14H,2-8H2,1H3,(H2,13,17)(H,15,16). The predicted molar refractivity (Wildman–Crippen MR) is 66.1 cm³/mol. The van der Waals surface area contributed by atoms with Crippen molar-refractivity contribution in [3.05, 3.63) is 0 Å². The maximum absolute atomic E-state index is 11.5. The minimum atomic E-state index is -0.860. The van der Waals surface area contributed by atoms with Gasteiger partial charge in [0.1, 0.15) is 0 Å². The van der Waals surface area contributed by atoms with Crippen LogP contribution in [-0.4, -0.2) is 41.8 Å². The fourth-order valence-electron chi connectivity index (χ4n) is 2.04. The summed E-state index contributed by atoms with van der Waals surface area (Å²) < 4.78 is 5.46. The minimum Gasteiger partial charge on any atom is -0.481 e. The summed E-state index contributed by atoms with van der Waals surface area (Å²) in [5.74, 6) is -1.31. The van der Waals surface area contributed by atoms with Crippen LogP contribution in [0.5, 0.6) is 0 Å². The molecule has 1 heterocycles. The average molecular weight is 258 g/mol. The molecular formula is C12H22N2O4. The van der Waals surface area contributed by atoms with Gasteiger partial charge in [0.15, 0.2) is 0 Å². The first-order valence-corrected chi connectivity index (χ1v) is 6.32. The van der Waals surface area contributed by atoms with Gasteiger partial charge in [0.05, 0.1) is 11.6 Å². The van der Waals surface area contributed by atoms with Gasteiger partial charge in [-0.3, -0.25) is 9.59 Å². The van der Waals surface area contributed by atoms with Gasteiger partial charge in [-0.2, -0.15) is 0 Å². The highest BCUT2D eigenvalue weighted by Gasteiger charge is 2.31. The molecule has 6 nitrogen and oxygen atoms in total. The molecule has 6 heteroatoms. The van der Waals surface area contributed by atoms with Crippen LogP contribution in [0.15, 0.2) is 0 Å². The Balaban J connectivity index is 2.40. The zero-order chi connectivity index (χ0) is 13.6. The lowest BCUT2D eigenvalue weighted by atomic mass is 9.93. The molecular weight excluding hydrogens is 236 g/mol. The Kier molecular flexibility index (Phi) is 5.55. The van der Waals surface area contributed by atoms with Crippen molar-refractivity contribution in [2.45, 2.75) is 50.7 Å². The largest absolute Gasteiger partial charge is 0.481 e. The summed E-state index contributed by atoms with van der Waals surface area (Å²) in [5.41, 5.74) is 4.52. The molecule has 0 aromatic rings. The van der Waals surface area contributed by atoms with Crippen molar-refractivity contribution in [2.75, 3.05) is 13.2 Å². The van der Waals surface area contributed by atoms with E-state index in [1.807, 2.05) is 0 Å². The third-order valence-corrected chi connectivity index (χ3v) is 3.36. The van der Waals surface area contributed by atoms with Gasteiger partial charge in [-0.15, -0.1) is 0 Å². The van der Waals surface area contributed by atoms with Gasteiger partial charge >= 0.3 is 5.97 Å². The second kappa shape index (κ2) is 6.70. The lowest BCUT2D eigenvalue weighted by Crippen LogP contribution is -2.54. The SMILES string of the molecule is CC(CCCC(=O)O)(NCC1CCCO1)C(N)=O. The van der Waals surface area contributed by atoms with Crippen LogP contribution >= 0.6 is 0 Å². The van der Waals surface area contributed by atoms with E-state index in [-0.39, 0.29) is 12.5 Å². The van der Waals surface area contributed by atoms with E-state index in [0.29, 0.717) is 19.4 Å². The van der Waals surface area contributed by atoms with Crippen molar-refractivity contribution < 1.29 is 19.4 Å². The third-order valence-electron chi connectivity index (χ3n) is 3.36. The molecule has 1 aliphatic heterocycles. The molecule has 0 aromatic carbocycles. The molecule has 0 bridgehead atoms. The molecule has 2 unspecified atom stereocenters. The highest BCUT2D eigenvalue weighted by atomic mass is 16.5. The zero-order valence-electron chi connectivity index (χ0n) is 10.8. The quantitative estimate of drug-likeness (QED) is 0.579. The van der Waals surface area contributed by atoms with Crippen LogP contribution in [0, 0.1) is 0 Å². The molecule has 1 fully saturated rings. The topological polar surface area (TPSA) is 102 Å². The zero-order valence-corrected chi connectivity index (χ0v) is 10.8. The number of nitrogens with one attached hydrogen (secondary N) is 1. The lowest BCUT2D eigenvalue weighted by Gasteiger charge is -2.28. The Labute approximate surface area is 107 Å². The maximum atomic E-state index is 11.5. The summed E-state index contributed by atoms with van der Waals surface area (Å²) in [6.07, 6.45) is 3.04. The molecule has 2 atom stereocenters. The number of aliphatic carboxylic acids is 1. The van der Waals surface area contributed by atoms with Crippen molar-refractivity contribution in [2.24, 2.45) is 5.73 Å². The van der Waals surface area contributed by atoms with E-state index >= 15 is 0 Å². The molecule has 1 aliphatic rings. The van der Waals surface area contributed by atoms with Gasteiger partial charge in [0, 0.05) is 19.6 Å². The third kappa shape index (κ3) is 4.62. The Morgan fingerprint density at radius 3 is 2.78 bits per heavy atom. The van der Waals surface area contributed by atoms with Crippen LogP contribution in [0.1, 0.15) is 39.0 Å². The van der Waals surface area contributed by atoms with Gasteiger partial charge in [0.2, 0.25) is 5.91 Å². The second-order valence-electron chi connectivity index (χ2n) is 4.96. The first-order chi connectivity index (χ1) is 8.44. The number of ether oxygens (including phenoxy) is 1. The molecule has 1 rings (SSSR count). The van der Waals surface area contributed by atoms with Crippen LogP contribution in [-0.2, 0) is 14.3 Å². The summed E-state index contributed by atoms with van der Waals surface area (Å²) >= 11 is 0. The first kappa shape index (κ1) is 14.9. The Bertz CT molecular complexity index is 302. The van der Waals surface area contributed by atoms with Crippen LogP contribution in [0.25, 0.3) is 0 Å². The van der Waals surface area contributed by atoms with Gasteiger partial charge in [-0.1, -0.05) is 0 Å². The summed E-state index contributed by atoms with van der Waals surface area (Å²) in [6, 6.07) is 0. The number of hydrogen-bond donors (Lipinski definition) is 3. The molecule has 0 saturated carbocycles. The Morgan fingerprint density at radius 2 is 2.28 bits per heavy atom. The van der Waals surface area contributed by atoms with Crippen molar-refractivity contribution in [1.29, 1.82) is 0 Å². The monoisotopic (exact) mass is 258 g/mol. The fourth-order valence-corrected chi connectivity index (χ4v) is 2.04. The van der Waals surface area contributed by atoms with Crippen LogP contribution in [0.4, 0.5) is 0 Å². The highest BCUT2D eigenvalue weighted by Crippen LogP contribution is 2.16. The molecule has 0 spiro atoms. The van der Waals surface area contributed by atoms with Gasteiger partial charge in [0.25, 0.3) is 0 Å². The molecule has 18 heavy (non-hydrogen) atoms. The molecule has 1 saturated heterocycles. The Morgan fingerprint density at radius 1 is 1.56 bits per heavy atom. The van der Waals surface area contributed by atoms with Crippen molar-refractivity contribution >= 4 is 11.9 Å². The van der Waals surface area contributed by atoms with E-state index in [0.717, 1.165) is 19.4 Å². The number of carboxylic acids is 1. The first-order valence-electron chi connectivity index (χ1n) is 6.32. The van der Waals surface area contributed by atoms with E-state index in [1.54, 1.807) is 6.92 Å². The van der Waals surface area contributed by atoms with Crippen LogP contribution in [0.2, 0.25) is 0 Å². The number of hydrogen-bond acceptors (Lipinski definition) is 4. The number of carbonyl (C=O) groups is 2. The summed E-state index contributed by atoms with van der Waals surface area (Å²) in [4.78, 5) is 21.9. The maximum Gasteiger partial charge on any atom is 0.303 e. The highest BCUT2D eigenvalue weighted by molar-refractivity contribution is 5.84. The van der Waals surface area contributed by atoms with E-state index in [2.05, 4.69) is 5.32 Å². The smallest absolute Gasteiger partial charge is 0.303 e. The van der Waals surface area contributed by atoms with Crippen molar-refractivity contribution in [3.8, 4) is 0 Å². The number of carbonyl (C=O) groups excluding carboxylic acids is 1. The van der Waals surface area contributed by atoms with Crippen LogP contribution < -0.4 is 11.1 Å². The predicted octanol–water partition coefficient (Wildman–Crippen LogP) is 0.254. The van der Waals surface area contributed by atoms with Crippen LogP contribution in [0.3, 0.4) is 0 Å². The Hall–Kier alpha value is -1.14. The number of carboxylic acid groups (broad SMARTS) is 1. The molecule has 0 radical (unpaired) electrons. The van der Waals surface area contributed by atoms with E-state index < -0.39 is 17.4 Å². The van der Waals surface area contributed by atoms with Crippen molar-refractivity contribution in [1.82, 2.24) is 5.32 Å². The van der Waals surface area contributed by atoms with Gasteiger partial charge in [-0.05, 0) is 32.6 Å². The summed E-state index contributed by atoms with van der Waals surface area (Å²) in [6.45, 7) is 3.05. The van der Waals surface area contributed by atoms with Gasteiger partial charge < -0.3 is 20.9 Å². The normalized spacial score (nSPS) is 22.6. The van der Waals surface area contributed by atoms with Crippen molar-refractivity contribution in [3.63, 3.8) is 0 Å². The molecule has 104 valence electrons. The number of amides is 1. The summed E-state index contributed by atoms with van der Waals surface area (Å²) in [5, 5.41) is 11.7. The molecule has 4 N–H and O–H groups in total.